The lowest BCUT2D eigenvalue weighted by Gasteiger charge is -2.06. The number of benzene rings is 1. The van der Waals surface area contributed by atoms with Gasteiger partial charge in [0.2, 0.25) is 0 Å². The van der Waals surface area contributed by atoms with E-state index in [0.717, 1.165) is 0 Å². The third-order valence-corrected chi connectivity index (χ3v) is 2.94. The van der Waals surface area contributed by atoms with Crippen LogP contribution in [0.1, 0.15) is 15.9 Å². The Morgan fingerprint density at radius 2 is 2.10 bits per heavy atom. The Morgan fingerprint density at radius 3 is 2.65 bits per heavy atom. The molecule has 2 rings (SSSR count). The molecule has 0 aliphatic heterocycles. The standard InChI is InChI=1S/C12H9BrN4O3/c1-7-4-8(17(19)20)2-3-9(7)12(18)16-11-6-14-10(13)5-15-11/h2-6H,1H3,(H,15,16,18). The zero-order valence-electron chi connectivity index (χ0n) is 10.3. The first kappa shape index (κ1) is 14.1. The molecule has 0 unspecified atom stereocenters. The van der Waals surface area contributed by atoms with Crippen molar-refractivity contribution in [3.05, 3.63) is 56.4 Å². The number of aromatic nitrogens is 2. The predicted octanol–water partition coefficient (Wildman–Crippen LogP) is 2.71. The summed E-state index contributed by atoms with van der Waals surface area (Å²) < 4.78 is 0.557. The second-order valence-corrected chi connectivity index (χ2v) is 4.75. The first-order valence-electron chi connectivity index (χ1n) is 5.51. The van der Waals surface area contributed by atoms with Crippen molar-refractivity contribution in [1.29, 1.82) is 0 Å². The summed E-state index contributed by atoms with van der Waals surface area (Å²) in [6.45, 7) is 1.63. The normalized spacial score (nSPS) is 10.1. The second kappa shape index (κ2) is 5.74. The fourth-order valence-corrected chi connectivity index (χ4v) is 1.78. The molecule has 0 atom stereocenters. The van der Waals surface area contributed by atoms with E-state index in [1.165, 1.54) is 30.6 Å². The van der Waals surface area contributed by atoms with Gasteiger partial charge in [0.1, 0.15) is 4.60 Å². The molecular weight excluding hydrogens is 328 g/mol. The molecule has 7 nitrogen and oxygen atoms in total. The molecule has 0 aliphatic carbocycles. The van der Waals surface area contributed by atoms with Crippen LogP contribution >= 0.6 is 15.9 Å². The van der Waals surface area contributed by atoms with Crippen molar-refractivity contribution in [2.45, 2.75) is 6.92 Å². The first-order chi connectivity index (χ1) is 9.47. The van der Waals surface area contributed by atoms with Crippen LogP contribution in [-0.4, -0.2) is 20.8 Å². The van der Waals surface area contributed by atoms with Gasteiger partial charge in [-0.25, -0.2) is 9.97 Å². The minimum atomic E-state index is -0.505. The highest BCUT2D eigenvalue weighted by atomic mass is 79.9. The molecule has 8 heteroatoms. The summed E-state index contributed by atoms with van der Waals surface area (Å²) >= 11 is 3.14. The zero-order valence-corrected chi connectivity index (χ0v) is 11.9. The van der Waals surface area contributed by atoms with Gasteiger partial charge in [-0.2, -0.15) is 0 Å². The Balaban J connectivity index is 2.21. The van der Waals surface area contributed by atoms with E-state index < -0.39 is 10.8 Å². The molecule has 0 bridgehead atoms. The van der Waals surface area contributed by atoms with Gasteiger partial charge in [-0.15, -0.1) is 0 Å². The number of hydrogen-bond acceptors (Lipinski definition) is 5. The number of nitro groups is 1. The van der Waals surface area contributed by atoms with Gasteiger partial charge >= 0.3 is 0 Å². The number of non-ortho nitro benzene ring substituents is 1. The van der Waals surface area contributed by atoms with Gasteiger partial charge in [0.05, 0.1) is 17.3 Å². The fraction of sp³-hybridized carbons (Fsp3) is 0.0833. The predicted molar refractivity (Wildman–Crippen MR) is 75.5 cm³/mol. The number of aryl methyl sites for hydroxylation is 1. The number of nitrogens with one attached hydrogen (secondary N) is 1. The molecule has 0 saturated heterocycles. The molecule has 1 aromatic carbocycles. The number of carbonyl (C=O) groups is 1. The van der Waals surface area contributed by atoms with Crippen LogP contribution in [0.3, 0.4) is 0 Å². The number of nitrogens with zero attached hydrogens (tertiary/aromatic N) is 3. The maximum atomic E-state index is 12.0. The smallest absolute Gasteiger partial charge is 0.269 e. The van der Waals surface area contributed by atoms with Gasteiger partial charge in [0.25, 0.3) is 11.6 Å². The lowest BCUT2D eigenvalue weighted by atomic mass is 10.1. The molecule has 0 fully saturated rings. The second-order valence-electron chi connectivity index (χ2n) is 3.93. The molecule has 1 heterocycles. The van der Waals surface area contributed by atoms with Crippen molar-refractivity contribution in [3.8, 4) is 0 Å². The number of nitro benzene ring substituents is 1. The number of hydrogen-bond donors (Lipinski definition) is 1. The van der Waals surface area contributed by atoms with E-state index in [2.05, 4.69) is 31.2 Å². The summed E-state index contributed by atoms with van der Waals surface area (Å²) in [5.74, 6) is -0.0926. The Hall–Kier alpha value is -2.35. The highest BCUT2D eigenvalue weighted by Gasteiger charge is 2.14. The topological polar surface area (TPSA) is 98.0 Å². The van der Waals surface area contributed by atoms with Crippen LogP contribution in [-0.2, 0) is 0 Å². The van der Waals surface area contributed by atoms with E-state index in [-0.39, 0.29) is 5.69 Å². The summed E-state index contributed by atoms with van der Waals surface area (Å²) in [7, 11) is 0. The van der Waals surface area contributed by atoms with Gasteiger partial charge in [-0.05, 0) is 34.5 Å². The highest BCUT2D eigenvalue weighted by Crippen LogP contribution is 2.18. The Bertz CT molecular complexity index is 673. The largest absolute Gasteiger partial charge is 0.305 e. The van der Waals surface area contributed by atoms with Crippen LogP contribution in [0.4, 0.5) is 11.5 Å². The summed E-state index contributed by atoms with van der Waals surface area (Å²) in [6.07, 6.45) is 2.86. The monoisotopic (exact) mass is 336 g/mol. The van der Waals surface area contributed by atoms with Crippen molar-refractivity contribution in [2.75, 3.05) is 5.32 Å². The molecule has 20 heavy (non-hydrogen) atoms. The van der Waals surface area contributed by atoms with E-state index in [1.807, 2.05) is 0 Å². The van der Waals surface area contributed by atoms with Crippen LogP contribution in [0.5, 0.6) is 0 Å². The minimum Gasteiger partial charge on any atom is -0.305 e. The van der Waals surface area contributed by atoms with Gasteiger partial charge in [0, 0.05) is 17.7 Å². The fourth-order valence-electron chi connectivity index (χ4n) is 1.58. The molecule has 0 radical (unpaired) electrons. The van der Waals surface area contributed by atoms with Crippen LogP contribution in [0, 0.1) is 17.0 Å². The van der Waals surface area contributed by atoms with E-state index in [0.29, 0.717) is 21.5 Å². The van der Waals surface area contributed by atoms with Crippen molar-refractivity contribution < 1.29 is 9.72 Å². The lowest BCUT2D eigenvalue weighted by molar-refractivity contribution is -0.384. The van der Waals surface area contributed by atoms with Crippen molar-refractivity contribution in [2.24, 2.45) is 0 Å². The average molecular weight is 337 g/mol. The maximum absolute atomic E-state index is 12.0. The molecule has 102 valence electrons. The number of carbonyl (C=O) groups excluding carboxylic acids is 1. The van der Waals surface area contributed by atoms with Gasteiger partial charge < -0.3 is 5.32 Å². The number of halogens is 1. The molecule has 2 aromatic rings. The van der Waals surface area contributed by atoms with Crippen molar-refractivity contribution in [3.63, 3.8) is 0 Å². The average Bonchev–Trinajstić information content (AvgIpc) is 2.41. The van der Waals surface area contributed by atoms with Crippen LogP contribution in [0.25, 0.3) is 0 Å². The summed E-state index contributed by atoms with van der Waals surface area (Å²) in [4.78, 5) is 30.1. The Labute approximate surface area is 122 Å². The molecule has 1 aromatic heterocycles. The van der Waals surface area contributed by atoms with Gasteiger partial charge in [-0.3, -0.25) is 14.9 Å². The molecule has 0 saturated carbocycles. The third-order valence-electron chi connectivity index (χ3n) is 2.53. The quantitative estimate of drug-likeness (QED) is 0.686. The van der Waals surface area contributed by atoms with Crippen LogP contribution in [0.2, 0.25) is 0 Å². The minimum absolute atomic E-state index is 0.0533. The molecule has 1 amide bonds. The van der Waals surface area contributed by atoms with E-state index >= 15 is 0 Å². The van der Waals surface area contributed by atoms with E-state index in [4.69, 9.17) is 0 Å². The number of amides is 1. The van der Waals surface area contributed by atoms with Gasteiger partial charge in [0.15, 0.2) is 5.82 Å². The summed E-state index contributed by atoms with van der Waals surface area (Å²) in [6, 6.07) is 4.05. The van der Waals surface area contributed by atoms with Gasteiger partial charge in [-0.1, -0.05) is 0 Å². The molecular formula is C12H9BrN4O3. The molecule has 0 spiro atoms. The maximum Gasteiger partial charge on any atom is 0.269 e. The van der Waals surface area contributed by atoms with Crippen molar-refractivity contribution in [1.82, 2.24) is 9.97 Å². The Morgan fingerprint density at radius 1 is 1.35 bits per heavy atom. The number of anilines is 1. The first-order valence-corrected chi connectivity index (χ1v) is 6.30. The van der Waals surface area contributed by atoms with Crippen LogP contribution in [0.15, 0.2) is 35.2 Å². The summed E-state index contributed by atoms with van der Waals surface area (Å²) in [5.41, 5.74) is 0.810. The third kappa shape index (κ3) is 3.15. The summed E-state index contributed by atoms with van der Waals surface area (Å²) in [5, 5.41) is 13.2. The van der Waals surface area contributed by atoms with Crippen molar-refractivity contribution >= 4 is 33.3 Å². The van der Waals surface area contributed by atoms with E-state index in [9.17, 15) is 14.9 Å². The highest BCUT2D eigenvalue weighted by molar-refractivity contribution is 9.10. The number of rotatable bonds is 3. The van der Waals surface area contributed by atoms with E-state index in [1.54, 1.807) is 6.92 Å². The van der Waals surface area contributed by atoms with Crippen LogP contribution < -0.4 is 5.32 Å². The zero-order chi connectivity index (χ0) is 14.7. The lowest BCUT2D eigenvalue weighted by Crippen LogP contribution is -2.14. The molecule has 0 aliphatic rings. The Kier molecular flexibility index (Phi) is 4.04. The molecule has 1 N–H and O–H groups in total. The SMILES string of the molecule is Cc1cc([N+](=O)[O-])ccc1C(=O)Nc1cnc(Br)cn1.